The van der Waals surface area contributed by atoms with Gasteiger partial charge in [0.05, 0.1) is 5.56 Å². The third kappa shape index (κ3) is 2.39. The van der Waals surface area contributed by atoms with Crippen molar-refractivity contribution >= 4 is 12.3 Å². The highest BCUT2D eigenvalue weighted by atomic mass is 16.5. The Morgan fingerprint density at radius 3 is 2.29 bits per heavy atom. The van der Waals surface area contributed by atoms with Crippen LogP contribution in [0.25, 0.3) is 0 Å². The van der Waals surface area contributed by atoms with Crippen LogP contribution >= 0.6 is 0 Å². The van der Waals surface area contributed by atoms with E-state index in [1.165, 1.54) is 0 Å². The molecule has 0 aliphatic heterocycles. The minimum Gasteiger partial charge on any atom is -0.428 e. The summed E-state index contributed by atoms with van der Waals surface area (Å²) in [5.41, 5.74) is 0.945. The fourth-order valence-electron chi connectivity index (χ4n) is 1.55. The van der Waals surface area contributed by atoms with Crippen LogP contribution in [0.15, 0.2) is 54.6 Å². The van der Waals surface area contributed by atoms with Gasteiger partial charge in [-0.15, -0.1) is 0 Å². The zero-order valence-corrected chi connectivity index (χ0v) is 9.00. The van der Waals surface area contributed by atoms with Gasteiger partial charge in [0, 0.05) is 5.56 Å². The SMILES string of the molecule is O=COc1ccccc1C(=O)c1ccccc1. The number of hydrogen-bond acceptors (Lipinski definition) is 3. The molecule has 0 fully saturated rings. The molecular formula is C14H10O3. The molecule has 0 saturated heterocycles. The molecule has 2 rings (SSSR count). The fourth-order valence-corrected chi connectivity index (χ4v) is 1.55. The first-order valence-corrected chi connectivity index (χ1v) is 5.12. The van der Waals surface area contributed by atoms with E-state index in [9.17, 15) is 9.59 Å². The van der Waals surface area contributed by atoms with Gasteiger partial charge in [0.2, 0.25) is 0 Å². The Balaban J connectivity index is 2.40. The summed E-state index contributed by atoms with van der Waals surface area (Å²) in [7, 11) is 0. The molecule has 2 aromatic carbocycles. The molecule has 17 heavy (non-hydrogen) atoms. The second kappa shape index (κ2) is 5.07. The molecule has 3 nitrogen and oxygen atoms in total. The van der Waals surface area contributed by atoms with Gasteiger partial charge in [-0.05, 0) is 12.1 Å². The molecule has 84 valence electrons. The van der Waals surface area contributed by atoms with E-state index >= 15 is 0 Å². The molecule has 0 amide bonds. The van der Waals surface area contributed by atoms with Crippen molar-refractivity contribution in [1.29, 1.82) is 0 Å². The normalized spacial score (nSPS) is 9.65. The lowest BCUT2D eigenvalue weighted by Gasteiger charge is -2.05. The van der Waals surface area contributed by atoms with Gasteiger partial charge >= 0.3 is 0 Å². The number of hydrogen-bond donors (Lipinski definition) is 0. The lowest BCUT2D eigenvalue weighted by molar-refractivity contribution is -0.120. The molecule has 0 bridgehead atoms. The molecule has 0 saturated carbocycles. The molecule has 0 aromatic heterocycles. The fraction of sp³-hybridized carbons (Fsp3) is 0. The Bertz CT molecular complexity index is 532. The third-order valence-corrected chi connectivity index (χ3v) is 2.34. The van der Waals surface area contributed by atoms with Gasteiger partial charge in [0.15, 0.2) is 5.78 Å². The molecule has 0 aliphatic rings. The summed E-state index contributed by atoms with van der Waals surface area (Å²) in [5.74, 6) is 0.111. The van der Waals surface area contributed by atoms with Crippen LogP contribution in [-0.4, -0.2) is 12.3 Å². The topological polar surface area (TPSA) is 43.4 Å². The second-order valence-corrected chi connectivity index (χ2v) is 3.41. The van der Waals surface area contributed by atoms with Gasteiger partial charge in [-0.2, -0.15) is 0 Å². The van der Waals surface area contributed by atoms with Crippen molar-refractivity contribution in [3.05, 3.63) is 65.7 Å². The van der Waals surface area contributed by atoms with Gasteiger partial charge < -0.3 is 4.74 Å². The Labute approximate surface area is 98.7 Å². The predicted molar refractivity (Wildman–Crippen MR) is 63.0 cm³/mol. The lowest BCUT2D eigenvalue weighted by Crippen LogP contribution is -2.04. The summed E-state index contributed by atoms with van der Waals surface area (Å²) in [5, 5.41) is 0. The zero-order valence-electron chi connectivity index (χ0n) is 9.00. The molecule has 0 N–H and O–H groups in total. The summed E-state index contributed by atoms with van der Waals surface area (Å²) >= 11 is 0. The maximum Gasteiger partial charge on any atom is 0.298 e. The van der Waals surface area contributed by atoms with Crippen molar-refractivity contribution in [3.8, 4) is 5.75 Å². The maximum absolute atomic E-state index is 12.1. The Hall–Kier alpha value is -2.42. The smallest absolute Gasteiger partial charge is 0.298 e. The molecule has 0 heterocycles. The second-order valence-electron chi connectivity index (χ2n) is 3.41. The first kappa shape index (κ1) is 11.1. The maximum atomic E-state index is 12.1. The lowest BCUT2D eigenvalue weighted by atomic mass is 10.0. The van der Waals surface area contributed by atoms with Crippen molar-refractivity contribution in [2.45, 2.75) is 0 Å². The van der Waals surface area contributed by atoms with Crippen molar-refractivity contribution in [3.63, 3.8) is 0 Å². The summed E-state index contributed by atoms with van der Waals surface area (Å²) in [6.45, 7) is 0.317. The van der Waals surface area contributed by atoms with Crippen LogP contribution in [0.1, 0.15) is 15.9 Å². The van der Waals surface area contributed by atoms with Gasteiger partial charge in [0.25, 0.3) is 6.47 Å². The highest BCUT2D eigenvalue weighted by molar-refractivity contribution is 6.10. The molecule has 0 radical (unpaired) electrons. The van der Waals surface area contributed by atoms with E-state index in [1.807, 2.05) is 6.07 Å². The van der Waals surface area contributed by atoms with Crippen molar-refractivity contribution in [2.24, 2.45) is 0 Å². The highest BCUT2D eigenvalue weighted by Gasteiger charge is 2.13. The molecule has 3 heteroatoms. The Morgan fingerprint density at radius 1 is 0.941 bits per heavy atom. The Kier molecular flexibility index (Phi) is 3.31. The largest absolute Gasteiger partial charge is 0.428 e. The number of benzene rings is 2. The van der Waals surface area contributed by atoms with Crippen LogP contribution in [0.4, 0.5) is 0 Å². The summed E-state index contributed by atoms with van der Waals surface area (Å²) in [6.07, 6.45) is 0. The van der Waals surface area contributed by atoms with Gasteiger partial charge in [-0.25, -0.2) is 0 Å². The minimum atomic E-state index is -0.164. The van der Waals surface area contributed by atoms with Crippen molar-refractivity contribution in [2.75, 3.05) is 0 Å². The number of para-hydroxylation sites is 1. The first-order chi connectivity index (χ1) is 8.33. The number of ketones is 1. The Morgan fingerprint density at radius 2 is 1.59 bits per heavy atom. The monoisotopic (exact) mass is 226 g/mol. The number of ether oxygens (including phenoxy) is 1. The summed E-state index contributed by atoms with van der Waals surface area (Å²) in [6, 6.07) is 15.5. The van der Waals surface area contributed by atoms with Crippen LogP contribution in [-0.2, 0) is 4.79 Å². The molecule has 0 atom stereocenters. The van der Waals surface area contributed by atoms with E-state index in [0.717, 1.165) is 0 Å². The average molecular weight is 226 g/mol. The van der Waals surface area contributed by atoms with Crippen LogP contribution < -0.4 is 4.74 Å². The standard InChI is InChI=1S/C14H10O3/c15-10-17-13-9-5-4-8-12(13)14(16)11-6-2-1-3-7-11/h1-10H. The van der Waals surface area contributed by atoms with E-state index in [0.29, 0.717) is 17.6 Å². The highest BCUT2D eigenvalue weighted by Crippen LogP contribution is 2.20. The number of carbonyl (C=O) groups excluding carboxylic acids is 2. The first-order valence-electron chi connectivity index (χ1n) is 5.12. The molecule has 2 aromatic rings. The molecule has 0 spiro atoms. The predicted octanol–water partition coefficient (Wildman–Crippen LogP) is 2.45. The van der Waals surface area contributed by atoms with E-state index in [-0.39, 0.29) is 11.5 Å². The van der Waals surface area contributed by atoms with Gasteiger partial charge in [-0.3, -0.25) is 9.59 Å². The van der Waals surface area contributed by atoms with Crippen LogP contribution in [0.5, 0.6) is 5.75 Å². The minimum absolute atomic E-state index is 0.164. The summed E-state index contributed by atoms with van der Waals surface area (Å²) < 4.78 is 4.78. The quantitative estimate of drug-likeness (QED) is 0.594. The third-order valence-electron chi connectivity index (χ3n) is 2.34. The van der Waals surface area contributed by atoms with Crippen LogP contribution in [0.3, 0.4) is 0 Å². The molecular weight excluding hydrogens is 216 g/mol. The van der Waals surface area contributed by atoms with Crippen LogP contribution in [0.2, 0.25) is 0 Å². The molecule has 0 aliphatic carbocycles. The zero-order chi connectivity index (χ0) is 12.1. The van der Waals surface area contributed by atoms with Crippen LogP contribution in [0, 0.1) is 0 Å². The van der Waals surface area contributed by atoms with Gasteiger partial charge in [0.1, 0.15) is 5.75 Å². The van der Waals surface area contributed by atoms with Gasteiger partial charge in [-0.1, -0.05) is 42.5 Å². The van der Waals surface area contributed by atoms with Crippen molar-refractivity contribution in [1.82, 2.24) is 0 Å². The van der Waals surface area contributed by atoms with E-state index in [4.69, 9.17) is 4.74 Å². The van der Waals surface area contributed by atoms with E-state index < -0.39 is 0 Å². The number of carbonyl (C=O) groups is 2. The average Bonchev–Trinajstić information content (AvgIpc) is 2.40. The summed E-state index contributed by atoms with van der Waals surface area (Å²) in [4.78, 5) is 22.5. The number of rotatable bonds is 4. The van der Waals surface area contributed by atoms with E-state index in [1.54, 1.807) is 48.5 Å². The van der Waals surface area contributed by atoms with Crippen molar-refractivity contribution < 1.29 is 14.3 Å². The molecule has 0 unspecified atom stereocenters. The van der Waals surface area contributed by atoms with E-state index in [2.05, 4.69) is 0 Å².